The number of methoxy groups -OCH3 is 1. The van der Waals surface area contributed by atoms with Gasteiger partial charge in [0.1, 0.15) is 0 Å². The van der Waals surface area contributed by atoms with E-state index in [1.165, 1.54) is 0 Å². The number of anilines is 1. The number of rotatable bonds is 5. The Kier molecular flexibility index (Phi) is 8.27. The van der Waals surface area contributed by atoms with Gasteiger partial charge in [-0.25, -0.2) is 0 Å². The van der Waals surface area contributed by atoms with Gasteiger partial charge in [-0.2, -0.15) is 0 Å². The zero-order valence-electron chi connectivity index (χ0n) is 10.9. The van der Waals surface area contributed by atoms with Crippen LogP contribution in [0.5, 0.6) is 11.5 Å². The fraction of sp³-hybridized carbons (Fsp3) is 0.417. The monoisotopic (exact) mass is 365 g/mol. The van der Waals surface area contributed by atoms with Gasteiger partial charge in [0, 0.05) is 18.3 Å². The number of hydrogen-bond acceptors (Lipinski definition) is 3. The number of nitrogens with one attached hydrogen (secondary N) is 1. The summed E-state index contributed by atoms with van der Waals surface area (Å²) in [6.07, 6.45) is 0. The lowest BCUT2D eigenvalue weighted by atomic mass is 10.2. The Labute approximate surface area is 125 Å². The Morgan fingerprint density at radius 3 is 2.61 bits per heavy atom. The molecule has 0 heterocycles. The van der Waals surface area contributed by atoms with Gasteiger partial charge >= 0.3 is 0 Å². The number of halogens is 1. The first kappa shape index (κ1) is 16.8. The molecule has 0 atom stereocenters. The van der Waals surface area contributed by atoms with Gasteiger partial charge in [0.25, 0.3) is 0 Å². The largest absolute Gasteiger partial charge is 0.493 e. The number of benzene rings is 1. The molecule has 5 nitrogen and oxygen atoms in total. The molecule has 1 aromatic rings. The molecular formula is C12H20IN3O2. The van der Waals surface area contributed by atoms with Crippen molar-refractivity contribution in [3.63, 3.8) is 0 Å². The minimum absolute atomic E-state index is 0. The van der Waals surface area contributed by atoms with Gasteiger partial charge < -0.3 is 20.5 Å². The van der Waals surface area contributed by atoms with Crippen LogP contribution in [0.15, 0.2) is 23.2 Å². The molecule has 1 rings (SSSR count). The van der Waals surface area contributed by atoms with Crippen molar-refractivity contribution in [3.05, 3.63) is 18.2 Å². The van der Waals surface area contributed by atoms with Gasteiger partial charge in [0.2, 0.25) is 0 Å². The number of aliphatic imine (C=N–C) groups is 1. The summed E-state index contributed by atoms with van der Waals surface area (Å²) < 4.78 is 10.7. The second-order valence-electron chi connectivity index (χ2n) is 3.28. The summed E-state index contributed by atoms with van der Waals surface area (Å²) in [5.41, 5.74) is 6.50. The quantitative estimate of drug-likeness (QED) is 0.478. The first-order chi connectivity index (χ1) is 8.21. The topological polar surface area (TPSA) is 68.9 Å². The minimum atomic E-state index is 0. The average Bonchev–Trinajstić information content (AvgIpc) is 2.30. The Morgan fingerprint density at radius 1 is 1.33 bits per heavy atom. The van der Waals surface area contributed by atoms with Crippen molar-refractivity contribution in [1.29, 1.82) is 0 Å². The summed E-state index contributed by atoms with van der Waals surface area (Å²) >= 11 is 0. The van der Waals surface area contributed by atoms with Crippen LogP contribution in [0.2, 0.25) is 0 Å². The molecule has 1 aromatic carbocycles. The normalized spacial score (nSPS) is 10.5. The van der Waals surface area contributed by atoms with Gasteiger partial charge in [-0.15, -0.1) is 24.0 Å². The third-order valence-corrected chi connectivity index (χ3v) is 2.06. The first-order valence-electron chi connectivity index (χ1n) is 5.59. The van der Waals surface area contributed by atoms with Crippen molar-refractivity contribution in [3.8, 4) is 11.5 Å². The average molecular weight is 365 g/mol. The maximum absolute atomic E-state index is 5.68. The maximum atomic E-state index is 5.68. The summed E-state index contributed by atoms with van der Waals surface area (Å²) in [7, 11) is 1.61. The van der Waals surface area contributed by atoms with Crippen LogP contribution in [-0.4, -0.2) is 26.2 Å². The number of guanidine groups is 1. The maximum Gasteiger partial charge on any atom is 0.193 e. The highest BCUT2D eigenvalue weighted by molar-refractivity contribution is 14.0. The number of ether oxygens (including phenoxy) is 2. The van der Waals surface area contributed by atoms with E-state index in [2.05, 4.69) is 10.3 Å². The second kappa shape index (κ2) is 8.84. The van der Waals surface area contributed by atoms with Gasteiger partial charge in [-0.1, -0.05) is 0 Å². The summed E-state index contributed by atoms with van der Waals surface area (Å²) in [6, 6.07) is 5.52. The molecule has 102 valence electrons. The zero-order valence-corrected chi connectivity index (χ0v) is 13.2. The summed E-state index contributed by atoms with van der Waals surface area (Å²) in [4.78, 5) is 4.05. The van der Waals surface area contributed by atoms with Crippen LogP contribution in [0, 0.1) is 0 Å². The smallest absolute Gasteiger partial charge is 0.193 e. The van der Waals surface area contributed by atoms with Crippen LogP contribution < -0.4 is 20.5 Å². The lowest BCUT2D eigenvalue weighted by Gasteiger charge is -2.12. The van der Waals surface area contributed by atoms with E-state index in [1.54, 1.807) is 7.11 Å². The van der Waals surface area contributed by atoms with Gasteiger partial charge in [0.05, 0.1) is 13.7 Å². The molecule has 0 aliphatic heterocycles. The molecule has 0 unspecified atom stereocenters. The molecule has 18 heavy (non-hydrogen) atoms. The van der Waals surface area contributed by atoms with E-state index >= 15 is 0 Å². The minimum Gasteiger partial charge on any atom is -0.493 e. The number of nitrogens with two attached hydrogens (primary N) is 1. The Morgan fingerprint density at radius 2 is 2.06 bits per heavy atom. The summed E-state index contributed by atoms with van der Waals surface area (Å²) in [6.45, 7) is 5.08. The summed E-state index contributed by atoms with van der Waals surface area (Å²) in [5, 5.41) is 2.99. The SMILES string of the molecule is CCN=C(N)Nc1ccc(OC)c(OCC)c1.I. The molecule has 0 aromatic heterocycles. The Hall–Kier alpha value is -1.18. The predicted octanol–water partition coefficient (Wildman–Crippen LogP) is 2.46. The van der Waals surface area contributed by atoms with E-state index in [0.717, 1.165) is 5.69 Å². The summed E-state index contributed by atoms with van der Waals surface area (Å²) in [5.74, 6) is 1.77. The van der Waals surface area contributed by atoms with E-state index in [4.69, 9.17) is 15.2 Å². The molecule has 0 amide bonds. The van der Waals surface area contributed by atoms with E-state index < -0.39 is 0 Å². The van der Waals surface area contributed by atoms with Gasteiger partial charge in [-0.3, -0.25) is 4.99 Å². The van der Waals surface area contributed by atoms with Gasteiger partial charge in [0.15, 0.2) is 17.5 Å². The fourth-order valence-electron chi connectivity index (χ4n) is 1.38. The van der Waals surface area contributed by atoms with Crippen LogP contribution >= 0.6 is 24.0 Å². The van der Waals surface area contributed by atoms with Crippen LogP contribution in [0.1, 0.15) is 13.8 Å². The van der Waals surface area contributed by atoms with Crippen LogP contribution in [0.3, 0.4) is 0 Å². The standard InChI is InChI=1S/C12H19N3O2.HI/c1-4-14-12(13)15-9-6-7-10(16-3)11(8-9)17-5-2;/h6-8H,4-5H2,1-3H3,(H3,13,14,15);1H. The first-order valence-corrected chi connectivity index (χ1v) is 5.59. The highest BCUT2D eigenvalue weighted by Crippen LogP contribution is 2.30. The number of nitrogens with zero attached hydrogens (tertiary/aromatic N) is 1. The lowest BCUT2D eigenvalue weighted by molar-refractivity contribution is 0.311. The van der Waals surface area contributed by atoms with E-state index in [-0.39, 0.29) is 24.0 Å². The van der Waals surface area contributed by atoms with Crippen molar-refractivity contribution in [2.75, 3.05) is 25.6 Å². The van der Waals surface area contributed by atoms with E-state index in [1.807, 2.05) is 32.0 Å². The Bertz CT molecular complexity index is 397. The highest BCUT2D eigenvalue weighted by atomic mass is 127. The fourth-order valence-corrected chi connectivity index (χ4v) is 1.38. The third kappa shape index (κ3) is 4.99. The molecule has 0 aliphatic carbocycles. The molecule has 0 saturated heterocycles. The van der Waals surface area contributed by atoms with Crippen LogP contribution in [0.4, 0.5) is 5.69 Å². The molecular weight excluding hydrogens is 345 g/mol. The van der Waals surface area contributed by atoms with Crippen molar-refractivity contribution in [2.24, 2.45) is 10.7 Å². The molecule has 0 aliphatic rings. The zero-order chi connectivity index (χ0) is 12.7. The van der Waals surface area contributed by atoms with Crippen molar-refractivity contribution in [1.82, 2.24) is 0 Å². The molecule has 0 spiro atoms. The van der Waals surface area contributed by atoms with Gasteiger partial charge in [-0.05, 0) is 26.0 Å². The second-order valence-corrected chi connectivity index (χ2v) is 3.28. The molecule has 0 saturated carbocycles. The molecule has 0 bridgehead atoms. The molecule has 0 radical (unpaired) electrons. The molecule has 6 heteroatoms. The highest BCUT2D eigenvalue weighted by Gasteiger charge is 2.05. The lowest BCUT2D eigenvalue weighted by Crippen LogP contribution is -2.22. The third-order valence-electron chi connectivity index (χ3n) is 2.06. The van der Waals surface area contributed by atoms with Crippen molar-refractivity contribution >= 4 is 35.6 Å². The molecule has 0 fully saturated rings. The Balaban J connectivity index is 0.00000289. The van der Waals surface area contributed by atoms with Crippen LogP contribution in [-0.2, 0) is 0 Å². The van der Waals surface area contributed by atoms with Crippen molar-refractivity contribution in [2.45, 2.75) is 13.8 Å². The molecule has 3 N–H and O–H groups in total. The van der Waals surface area contributed by atoms with E-state index in [0.29, 0.717) is 30.6 Å². The predicted molar refractivity (Wildman–Crippen MR) is 85.4 cm³/mol. The van der Waals surface area contributed by atoms with E-state index in [9.17, 15) is 0 Å². The van der Waals surface area contributed by atoms with Crippen molar-refractivity contribution < 1.29 is 9.47 Å². The number of hydrogen-bond donors (Lipinski definition) is 2. The van der Waals surface area contributed by atoms with Crippen LogP contribution in [0.25, 0.3) is 0 Å².